The lowest BCUT2D eigenvalue weighted by atomic mass is 9.69. The molecular formula is C13H22O2. The van der Waals surface area contributed by atoms with Crippen molar-refractivity contribution in [2.24, 2.45) is 11.8 Å². The molecule has 86 valence electrons. The summed E-state index contributed by atoms with van der Waals surface area (Å²) in [4.78, 5) is 0. The Bertz CT molecular complexity index is 259. The summed E-state index contributed by atoms with van der Waals surface area (Å²) in [6.07, 6.45) is 6.83. The topological polar surface area (TPSA) is 29.5 Å². The van der Waals surface area contributed by atoms with Crippen molar-refractivity contribution in [2.75, 3.05) is 6.61 Å². The fraction of sp³-hybridized carbons (Fsp3) is 0.846. The zero-order valence-electron chi connectivity index (χ0n) is 9.83. The summed E-state index contributed by atoms with van der Waals surface area (Å²) in [7, 11) is 0. The van der Waals surface area contributed by atoms with Crippen LogP contribution in [-0.4, -0.2) is 17.3 Å². The number of rotatable bonds is 1. The highest BCUT2D eigenvalue weighted by Crippen LogP contribution is 2.42. The van der Waals surface area contributed by atoms with Gasteiger partial charge in [0.2, 0.25) is 0 Å². The lowest BCUT2D eigenvalue weighted by Gasteiger charge is -2.41. The van der Waals surface area contributed by atoms with Crippen LogP contribution in [-0.2, 0) is 4.74 Å². The third-order valence-corrected chi connectivity index (χ3v) is 4.18. The van der Waals surface area contributed by atoms with Gasteiger partial charge in [0.15, 0.2) is 0 Å². The first kappa shape index (κ1) is 11.0. The highest BCUT2D eigenvalue weighted by Gasteiger charge is 2.39. The predicted octanol–water partition coefficient (Wildman–Crippen LogP) is 2.87. The molecule has 0 bridgehead atoms. The molecule has 1 saturated carbocycles. The van der Waals surface area contributed by atoms with Gasteiger partial charge in [0.25, 0.3) is 0 Å². The van der Waals surface area contributed by atoms with Gasteiger partial charge in [-0.15, -0.1) is 0 Å². The molecule has 0 spiro atoms. The average molecular weight is 210 g/mol. The molecule has 2 nitrogen and oxygen atoms in total. The van der Waals surface area contributed by atoms with E-state index in [1.165, 1.54) is 0 Å². The molecule has 1 heterocycles. The molecule has 3 unspecified atom stereocenters. The van der Waals surface area contributed by atoms with Crippen LogP contribution in [0.25, 0.3) is 0 Å². The summed E-state index contributed by atoms with van der Waals surface area (Å²) >= 11 is 0. The van der Waals surface area contributed by atoms with E-state index in [1.54, 1.807) is 0 Å². The van der Waals surface area contributed by atoms with Crippen LogP contribution in [0.4, 0.5) is 0 Å². The minimum Gasteiger partial charge on any atom is -0.501 e. The van der Waals surface area contributed by atoms with E-state index in [0.717, 1.165) is 50.2 Å². The first-order chi connectivity index (χ1) is 7.12. The quantitative estimate of drug-likeness (QED) is 0.721. The zero-order chi connectivity index (χ0) is 10.9. The Labute approximate surface area is 92.3 Å². The molecular weight excluding hydrogens is 188 g/mol. The van der Waals surface area contributed by atoms with Gasteiger partial charge in [-0.3, -0.25) is 0 Å². The van der Waals surface area contributed by atoms with E-state index < -0.39 is 5.60 Å². The number of aliphatic hydroxyl groups is 1. The molecule has 1 fully saturated rings. The van der Waals surface area contributed by atoms with Crippen molar-refractivity contribution < 1.29 is 9.84 Å². The SMILES string of the molecule is CC1CCC(O)(C2=COCCC2)CC1C. The molecule has 2 heteroatoms. The van der Waals surface area contributed by atoms with Gasteiger partial charge in [-0.1, -0.05) is 13.8 Å². The van der Waals surface area contributed by atoms with Crippen molar-refractivity contribution in [2.45, 2.75) is 51.6 Å². The summed E-state index contributed by atoms with van der Waals surface area (Å²) in [5.74, 6) is 1.36. The molecule has 1 N–H and O–H groups in total. The Morgan fingerprint density at radius 3 is 2.80 bits per heavy atom. The van der Waals surface area contributed by atoms with Crippen molar-refractivity contribution in [3.05, 3.63) is 11.8 Å². The highest BCUT2D eigenvalue weighted by atomic mass is 16.5. The van der Waals surface area contributed by atoms with Crippen LogP contribution in [0.5, 0.6) is 0 Å². The van der Waals surface area contributed by atoms with Crippen LogP contribution in [0.2, 0.25) is 0 Å². The number of ether oxygens (including phenoxy) is 1. The van der Waals surface area contributed by atoms with Gasteiger partial charge < -0.3 is 9.84 Å². The van der Waals surface area contributed by atoms with Gasteiger partial charge in [-0.2, -0.15) is 0 Å². The van der Waals surface area contributed by atoms with Crippen LogP contribution in [0.1, 0.15) is 46.0 Å². The lowest BCUT2D eigenvalue weighted by molar-refractivity contribution is -0.00619. The van der Waals surface area contributed by atoms with E-state index >= 15 is 0 Å². The monoisotopic (exact) mass is 210 g/mol. The second-order valence-corrected chi connectivity index (χ2v) is 5.35. The maximum absolute atomic E-state index is 10.6. The van der Waals surface area contributed by atoms with E-state index in [4.69, 9.17) is 4.74 Å². The molecule has 2 aliphatic rings. The van der Waals surface area contributed by atoms with Gasteiger partial charge in [-0.25, -0.2) is 0 Å². The largest absolute Gasteiger partial charge is 0.501 e. The summed E-state index contributed by atoms with van der Waals surface area (Å²) in [5, 5.41) is 10.6. The van der Waals surface area contributed by atoms with Crippen LogP contribution in [0.15, 0.2) is 11.8 Å². The Balaban J connectivity index is 2.09. The average Bonchev–Trinajstić information content (AvgIpc) is 2.26. The van der Waals surface area contributed by atoms with E-state index in [1.807, 2.05) is 6.26 Å². The molecule has 15 heavy (non-hydrogen) atoms. The highest BCUT2D eigenvalue weighted by molar-refractivity contribution is 5.17. The fourth-order valence-corrected chi connectivity index (χ4v) is 2.79. The normalized spacial score (nSPS) is 41.9. The minimum atomic E-state index is -0.563. The van der Waals surface area contributed by atoms with Gasteiger partial charge in [0.05, 0.1) is 18.5 Å². The lowest BCUT2D eigenvalue weighted by Crippen LogP contribution is -2.40. The first-order valence-corrected chi connectivity index (χ1v) is 6.15. The minimum absolute atomic E-state index is 0.563. The molecule has 1 aliphatic heterocycles. The predicted molar refractivity (Wildman–Crippen MR) is 60.4 cm³/mol. The van der Waals surface area contributed by atoms with E-state index in [-0.39, 0.29) is 0 Å². The van der Waals surface area contributed by atoms with Gasteiger partial charge in [0.1, 0.15) is 0 Å². The summed E-state index contributed by atoms with van der Waals surface area (Å²) in [6.45, 7) is 5.35. The molecule has 0 aromatic carbocycles. The number of hydrogen-bond donors (Lipinski definition) is 1. The molecule has 0 radical (unpaired) electrons. The van der Waals surface area contributed by atoms with Crippen molar-refractivity contribution in [3.63, 3.8) is 0 Å². The molecule has 0 amide bonds. The molecule has 3 atom stereocenters. The Morgan fingerprint density at radius 2 is 2.20 bits per heavy atom. The molecule has 0 aromatic heterocycles. The van der Waals surface area contributed by atoms with Crippen molar-refractivity contribution in [1.29, 1.82) is 0 Å². The van der Waals surface area contributed by atoms with Crippen molar-refractivity contribution in [3.8, 4) is 0 Å². The Hall–Kier alpha value is -0.500. The summed E-state index contributed by atoms with van der Waals surface area (Å²) in [5.41, 5.74) is 0.569. The fourth-order valence-electron chi connectivity index (χ4n) is 2.79. The first-order valence-electron chi connectivity index (χ1n) is 6.15. The number of hydrogen-bond acceptors (Lipinski definition) is 2. The van der Waals surface area contributed by atoms with Crippen molar-refractivity contribution in [1.82, 2.24) is 0 Å². The molecule has 1 aliphatic carbocycles. The second kappa shape index (κ2) is 4.17. The van der Waals surface area contributed by atoms with Gasteiger partial charge in [-0.05, 0) is 49.5 Å². The van der Waals surface area contributed by atoms with Crippen LogP contribution in [0, 0.1) is 11.8 Å². The zero-order valence-corrected chi connectivity index (χ0v) is 9.83. The van der Waals surface area contributed by atoms with Gasteiger partial charge in [0, 0.05) is 0 Å². The van der Waals surface area contributed by atoms with Crippen LogP contribution >= 0.6 is 0 Å². The maximum Gasteiger partial charge on any atom is 0.0891 e. The third-order valence-electron chi connectivity index (χ3n) is 4.18. The Kier molecular flexibility index (Phi) is 3.06. The maximum atomic E-state index is 10.6. The molecule has 0 saturated heterocycles. The van der Waals surface area contributed by atoms with Crippen LogP contribution in [0.3, 0.4) is 0 Å². The van der Waals surface area contributed by atoms with Crippen LogP contribution < -0.4 is 0 Å². The Morgan fingerprint density at radius 1 is 1.40 bits per heavy atom. The van der Waals surface area contributed by atoms with E-state index in [2.05, 4.69) is 13.8 Å². The van der Waals surface area contributed by atoms with Crippen molar-refractivity contribution >= 4 is 0 Å². The summed E-state index contributed by atoms with van der Waals surface area (Å²) < 4.78 is 5.34. The van der Waals surface area contributed by atoms with E-state index in [0.29, 0.717) is 5.92 Å². The smallest absolute Gasteiger partial charge is 0.0891 e. The molecule has 2 rings (SSSR count). The second-order valence-electron chi connectivity index (χ2n) is 5.35. The van der Waals surface area contributed by atoms with E-state index in [9.17, 15) is 5.11 Å². The summed E-state index contributed by atoms with van der Waals surface area (Å²) in [6, 6.07) is 0. The standard InChI is InChI=1S/C13H22O2/c1-10-5-6-13(14,8-11(10)2)12-4-3-7-15-9-12/h9-11,14H,3-8H2,1-2H3. The molecule has 0 aromatic rings. The third kappa shape index (κ3) is 2.20. The van der Waals surface area contributed by atoms with Gasteiger partial charge >= 0.3 is 0 Å².